The van der Waals surface area contributed by atoms with Crippen molar-refractivity contribution < 1.29 is 27.6 Å². The summed E-state index contributed by atoms with van der Waals surface area (Å²) >= 11 is 12.4. The third-order valence-electron chi connectivity index (χ3n) is 4.78. The fourth-order valence-corrected chi connectivity index (χ4v) is 5.95. The van der Waals surface area contributed by atoms with Gasteiger partial charge in [0, 0.05) is 21.7 Å². The molecule has 0 N–H and O–H groups in total. The highest BCUT2D eigenvalue weighted by Gasteiger charge is 2.45. The van der Waals surface area contributed by atoms with Crippen LogP contribution in [0.25, 0.3) is 11.3 Å². The Balaban J connectivity index is 2.09. The van der Waals surface area contributed by atoms with E-state index < -0.39 is 19.2 Å². The lowest BCUT2D eigenvalue weighted by Crippen LogP contribution is -2.26. The Morgan fingerprint density at radius 3 is 2.06 bits per heavy atom. The van der Waals surface area contributed by atoms with Crippen molar-refractivity contribution in [1.82, 2.24) is 0 Å². The largest absolute Gasteiger partial charge is 0.451 e. The number of furan rings is 1. The summed E-state index contributed by atoms with van der Waals surface area (Å²) < 4.78 is 30.8. The summed E-state index contributed by atoms with van der Waals surface area (Å²) in [4.78, 5) is 26.6. The molecular weight excluding hydrogens is 462 g/mol. The summed E-state index contributed by atoms with van der Waals surface area (Å²) in [5.74, 6) is -1.24. The number of hydrogen-bond acceptors (Lipinski definition) is 6. The van der Waals surface area contributed by atoms with E-state index in [0.717, 1.165) is 0 Å². The minimum atomic E-state index is -4.05. The average molecular weight is 479 g/mol. The van der Waals surface area contributed by atoms with Gasteiger partial charge in [0.2, 0.25) is 5.78 Å². The number of benzene rings is 2. The minimum Gasteiger partial charge on any atom is -0.451 e. The van der Waals surface area contributed by atoms with Crippen LogP contribution in [0.3, 0.4) is 0 Å². The van der Waals surface area contributed by atoms with E-state index in [1.807, 2.05) is 0 Å². The van der Waals surface area contributed by atoms with Gasteiger partial charge < -0.3 is 13.5 Å². The molecule has 160 valence electrons. The van der Waals surface area contributed by atoms with Crippen LogP contribution in [-0.2, 0) is 13.6 Å². The summed E-state index contributed by atoms with van der Waals surface area (Å²) in [5, 5.41) is 0.462. The van der Waals surface area contributed by atoms with Crippen molar-refractivity contribution >= 4 is 47.7 Å². The summed E-state index contributed by atoms with van der Waals surface area (Å²) in [5.41, 5.74) is 0.571. The van der Waals surface area contributed by atoms with Gasteiger partial charge in [-0.2, -0.15) is 0 Å². The van der Waals surface area contributed by atoms with Gasteiger partial charge in [0.05, 0.1) is 23.8 Å². The quantitative estimate of drug-likeness (QED) is 0.320. The molecule has 3 aromatic rings. The Kier molecular flexibility index (Phi) is 5.95. The second-order valence-corrected chi connectivity index (χ2v) is 9.45. The molecule has 0 spiro atoms. The third kappa shape index (κ3) is 3.59. The van der Waals surface area contributed by atoms with Crippen molar-refractivity contribution in [3.05, 3.63) is 75.0 Å². The van der Waals surface area contributed by atoms with E-state index >= 15 is 0 Å². The Hall–Kier alpha value is -2.21. The first-order chi connectivity index (χ1) is 14.8. The number of fused-ring (bicyclic) bond motifs is 2. The molecule has 0 saturated heterocycles. The van der Waals surface area contributed by atoms with Gasteiger partial charge in [-0.3, -0.25) is 14.2 Å². The van der Waals surface area contributed by atoms with E-state index in [0.29, 0.717) is 10.6 Å². The average Bonchev–Trinajstić information content (AvgIpc) is 3.14. The Morgan fingerprint density at radius 1 is 0.871 bits per heavy atom. The second-order valence-electron chi connectivity index (χ2n) is 6.64. The van der Waals surface area contributed by atoms with Crippen LogP contribution in [-0.4, -0.2) is 24.8 Å². The maximum absolute atomic E-state index is 13.8. The number of carbonyl (C=O) groups is 2. The SMILES string of the molecule is CCOP(=O)(OCC)c1c(-c2ccc(Cl)cc2Cl)oc2c1C(=O)c1ccccc1C2=O. The van der Waals surface area contributed by atoms with Gasteiger partial charge in [-0.1, -0.05) is 47.5 Å². The molecule has 0 aliphatic heterocycles. The molecule has 0 radical (unpaired) electrons. The van der Waals surface area contributed by atoms with Gasteiger partial charge >= 0.3 is 7.60 Å². The van der Waals surface area contributed by atoms with Gasteiger partial charge in [-0.05, 0) is 32.0 Å². The van der Waals surface area contributed by atoms with Gasteiger partial charge in [0.1, 0.15) is 5.30 Å². The molecule has 1 aliphatic rings. The van der Waals surface area contributed by atoms with Crippen molar-refractivity contribution in [1.29, 1.82) is 0 Å². The van der Waals surface area contributed by atoms with E-state index in [9.17, 15) is 14.2 Å². The van der Waals surface area contributed by atoms with Crippen molar-refractivity contribution in [3.63, 3.8) is 0 Å². The molecule has 1 aliphatic carbocycles. The molecular formula is C22H17Cl2O6P. The van der Waals surface area contributed by atoms with Crippen molar-refractivity contribution in [2.45, 2.75) is 13.8 Å². The maximum Gasteiger partial charge on any atom is 0.366 e. The van der Waals surface area contributed by atoms with Crippen LogP contribution in [0, 0.1) is 0 Å². The van der Waals surface area contributed by atoms with Crippen LogP contribution in [0.1, 0.15) is 45.9 Å². The number of carbonyl (C=O) groups excluding carboxylic acids is 2. The number of hydrogen-bond donors (Lipinski definition) is 0. The molecule has 1 aromatic heterocycles. The van der Waals surface area contributed by atoms with Crippen LogP contribution < -0.4 is 5.30 Å². The summed E-state index contributed by atoms with van der Waals surface area (Å²) in [7, 11) is -4.05. The van der Waals surface area contributed by atoms with Crippen LogP contribution in [0.15, 0.2) is 46.9 Å². The maximum atomic E-state index is 13.8. The van der Waals surface area contributed by atoms with Gasteiger partial charge in [0.25, 0.3) is 0 Å². The summed E-state index contributed by atoms with van der Waals surface area (Å²) in [6.07, 6.45) is 0. The molecule has 9 heteroatoms. The van der Waals surface area contributed by atoms with Gasteiger partial charge in [0.15, 0.2) is 17.3 Å². The highest BCUT2D eigenvalue weighted by molar-refractivity contribution is 7.62. The van der Waals surface area contributed by atoms with E-state index in [1.54, 1.807) is 44.2 Å². The van der Waals surface area contributed by atoms with Crippen LogP contribution in [0.5, 0.6) is 0 Å². The molecule has 1 heterocycles. The lowest BCUT2D eigenvalue weighted by atomic mass is 9.88. The zero-order chi connectivity index (χ0) is 22.3. The van der Waals surface area contributed by atoms with E-state index in [4.69, 9.17) is 36.7 Å². The number of rotatable bonds is 6. The van der Waals surface area contributed by atoms with Crippen LogP contribution >= 0.6 is 30.8 Å². The summed E-state index contributed by atoms with van der Waals surface area (Å²) in [6, 6.07) is 11.0. The van der Waals surface area contributed by atoms with Crippen molar-refractivity contribution in [2.75, 3.05) is 13.2 Å². The Morgan fingerprint density at radius 2 is 1.48 bits per heavy atom. The Bertz CT molecular complexity index is 1250. The van der Waals surface area contributed by atoms with Gasteiger partial charge in [-0.15, -0.1) is 0 Å². The first-order valence-corrected chi connectivity index (χ1v) is 11.8. The first-order valence-electron chi connectivity index (χ1n) is 9.52. The van der Waals surface area contributed by atoms with Crippen LogP contribution in [0.4, 0.5) is 0 Å². The lowest BCUT2D eigenvalue weighted by Gasteiger charge is -2.20. The topological polar surface area (TPSA) is 82.8 Å². The zero-order valence-electron chi connectivity index (χ0n) is 16.6. The summed E-state index contributed by atoms with van der Waals surface area (Å²) in [6.45, 7) is 3.39. The smallest absolute Gasteiger partial charge is 0.366 e. The van der Waals surface area contributed by atoms with Crippen LogP contribution in [0.2, 0.25) is 10.0 Å². The van der Waals surface area contributed by atoms with Crippen molar-refractivity contribution in [2.24, 2.45) is 0 Å². The molecule has 4 rings (SSSR count). The Labute approximate surface area is 188 Å². The molecule has 31 heavy (non-hydrogen) atoms. The van der Waals surface area contributed by atoms with E-state index in [-0.39, 0.29) is 51.8 Å². The number of ketones is 2. The van der Waals surface area contributed by atoms with Crippen molar-refractivity contribution in [3.8, 4) is 11.3 Å². The fourth-order valence-electron chi connectivity index (χ4n) is 3.55. The fraction of sp³-hybridized carbons (Fsp3) is 0.182. The molecule has 6 nitrogen and oxygen atoms in total. The minimum absolute atomic E-state index is 0.0218. The predicted molar refractivity (Wildman–Crippen MR) is 118 cm³/mol. The number of halogens is 2. The molecule has 0 unspecified atom stereocenters. The highest BCUT2D eigenvalue weighted by atomic mass is 35.5. The van der Waals surface area contributed by atoms with E-state index in [1.165, 1.54) is 12.1 Å². The molecule has 0 atom stereocenters. The molecule has 0 saturated carbocycles. The molecule has 0 amide bonds. The standard InChI is InChI=1S/C22H17Cl2O6P/c1-3-28-31(27,29-4-2)22-17-18(25)13-7-5-6-8-14(13)19(26)21(17)30-20(22)15-10-9-12(23)11-16(15)24/h5-11H,3-4H2,1-2H3. The third-order valence-corrected chi connectivity index (χ3v) is 7.50. The molecule has 0 fully saturated rings. The lowest BCUT2D eigenvalue weighted by molar-refractivity contribution is 0.0961. The highest BCUT2D eigenvalue weighted by Crippen LogP contribution is 2.53. The normalized spacial score (nSPS) is 13.3. The molecule has 2 aromatic carbocycles. The second kappa shape index (κ2) is 8.38. The first kappa shape index (κ1) is 22.0. The van der Waals surface area contributed by atoms with E-state index in [2.05, 4.69) is 0 Å². The molecule has 0 bridgehead atoms. The van der Waals surface area contributed by atoms with Gasteiger partial charge in [-0.25, -0.2) is 0 Å². The monoisotopic (exact) mass is 478 g/mol. The zero-order valence-corrected chi connectivity index (χ0v) is 19.0. The predicted octanol–water partition coefficient (Wildman–Crippen LogP) is 5.92.